The molecule has 0 atom stereocenters. The van der Waals surface area contributed by atoms with Gasteiger partial charge in [-0.3, -0.25) is 9.59 Å². The molecule has 4 heteroatoms. The molecule has 0 spiro atoms. The van der Waals surface area contributed by atoms with E-state index in [-0.39, 0.29) is 18.0 Å². The van der Waals surface area contributed by atoms with Crippen LogP contribution in [0.4, 0.5) is 0 Å². The summed E-state index contributed by atoms with van der Waals surface area (Å²) in [6.45, 7) is 2.12. The predicted octanol–water partition coefficient (Wildman–Crippen LogP) is 2.83. The molecule has 0 saturated carbocycles. The lowest BCUT2D eigenvalue weighted by Gasteiger charge is -2.02. The molecule has 2 aromatic rings. The summed E-state index contributed by atoms with van der Waals surface area (Å²) >= 11 is 0. The zero-order chi connectivity index (χ0) is 14.5. The number of benzene rings is 1. The highest BCUT2D eigenvalue weighted by atomic mass is 16.1. The van der Waals surface area contributed by atoms with E-state index in [0.717, 1.165) is 12.8 Å². The normalized spacial score (nSPS) is 10.5. The molecule has 0 fully saturated rings. The van der Waals surface area contributed by atoms with Gasteiger partial charge in [0.25, 0.3) is 0 Å². The Bertz CT molecular complexity index is 612. The fourth-order valence-electron chi connectivity index (χ4n) is 2.04. The molecule has 104 valence electrons. The number of nitrogens with zero attached hydrogens (tertiary/aromatic N) is 2. The minimum atomic E-state index is -0.242. The first-order valence-corrected chi connectivity index (χ1v) is 6.73. The summed E-state index contributed by atoms with van der Waals surface area (Å²) in [5.74, 6) is -0.406. The van der Waals surface area contributed by atoms with Gasteiger partial charge in [0.1, 0.15) is 5.69 Å². The molecule has 2 rings (SSSR count). The quantitative estimate of drug-likeness (QED) is 0.599. The lowest BCUT2D eigenvalue weighted by molar-refractivity contribution is 0.0891. The van der Waals surface area contributed by atoms with E-state index >= 15 is 0 Å². The predicted molar refractivity (Wildman–Crippen MR) is 76.9 cm³/mol. The highest BCUT2D eigenvalue weighted by Crippen LogP contribution is 2.10. The third-order valence-corrected chi connectivity index (χ3v) is 3.13. The molecule has 0 unspecified atom stereocenters. The molecule has 0 N–H and O–H groups in total. The van der Waals surface area contributed by atoms with Crippen molar-refractivity contribution in [2.75, 3.05) is 0 Å². The van der Waals surface area contributed by atoms with Gasteiger partial charge in [-0.2, -0.15) is 0 Å². The Morgan fingerprint density at radius 2 is 1.85 bits per heavy atom. The van der Waals surface area contributed by atoms with Crippen molar-refractivity contribution in [3.8, 4) is 0 Å². The Hall–Kier alpha value is -2.23. The summed E-state index contributed by atoms with van der Waals surface area (Å²) in [4.78, 5) is 27.9. The van der Waals surface area contributed by atoms with E-state index < -0.39 is 0 Å². The molecule has 0 bridgehead atoms. The zero-order valence-corrected chi connectivity index (χ0v) is 11.8. The van der Waals surface area contributed by atoms with Crippen molar-refractivity contribution in [2.45, 2.75) is 26.2 Å². The minimum absolute atomic E-state index is 0.135. The van der Waals surface area contributed by atoms with Crippen molar-refractivity contribution in [1.82, 2.24) is 9.55 Å². The number of carbonyl (C=O) groups excluding carboxylic acids is 2. The molecule has 1 aromatic heterocycles. The maximum absolute atomic E-state index is 12.0. The van der Waals surface area contributed by atoms with E-state index in [2.05, 4.69) is 11.9 Å². The van der Waals surface area contributed by atoms with Crippen LogP contribution in [0, 0.1) is 0 Å². The van der Waals surface area contributed by atoms with Crippen LogP contribution in [0.3, 0.4) is 0 Å². The third-order valence-electron chi connectivity index (χ3n) is 3.13. The number of hydrogen-bond donors (Lipinski definition) is 0. The van der Waals surface area contributed by atoms with Crippen LogP contribution in [0.5, 0.6) is 0 Å². The Morgan fingerprint density at radius 3 is 2.40 bits per heavy atom. The molecular weight excluding hydrogens is 252 g/mol. The zero-order valence-electron chi connectivity index (χ0n) is 11.8. The molecule has 0 aliphatic carbocycles. The van der Waals surface area contributed by atoms with Gasteiger partial charge >= 0.3 is 0 Å². The summed E-state index contributed by atoms with van der Waals surface area (Å²) in [6.07, 6.45) is 5.12. The van der Waals surface area contributed by atoms with Crippen molar-refractivity contribution in [3.63, 3.8) is 0 Å². The van der Waals surface area contributed by atoms with Gasteiger partial charge in [0.2, 0.25) is 0 Å². The number of imidazole rings is 1. The Morgan fingerprint density at radius 1 is 1.15 bits per heavy atom. The van der Waals surface area contributed by atoms with Crippen molar-refractivity contribution >= 4 is 11.6 Å². The van der Waals surface area contributed by atoms with Crippen molar-refractivity contribution in [2.24, 2.45) is 7.05 Å². The van der Waals surface area contributed by atoms with Crippen LogP contribution in [0.1, 0.15) is 46.2 Å². The van der Waals surface area contributed by atoms with Crippen molar-refractivity contribution < 1.29 is 9.59 Å². The molecule has 0 aliphatic rings. The van der Waals surface area contributed by atoms with Crippen LogP contribution in [0.25, 0.3) is 0 Å². The highest BCUT2D eigenvalue weighted by Gasteiger charge is 2.15. The molecule has 0 aliphatic heterocycles. The van der Waals surface area contributed by atoms with Gasteiger partial charge in [-0.25, -0.2) is 4.98 Å². The molecule has 1 heterocycles. The molecule has 4 nitrogen and oxygen atoms in total. The lowest BCUT2D eigenvalue weighted by Crippen LogP contribution is -2.09. The summed E-state index contributed by atoms with van der Waals surface area (Å²) in [7, 11) is 1.79. The number of carbonyl (C=O) groups is 2. The fourth-order valence-corrected chi connectivity index (χ4v) is 2.04. The second kappa shape index (κ2) is 6.28. The number of rotatable bonds is 6. The van der Waals surface area contributed by atoms with E-state index in [0.29, 0.717) is 11.3 Å². The minimum Gasteiger partial charge on any atom is -0.340 e. The van der Waals surface area contributed by atoms with Crippen LogP contribution in [-0.2, 0) is 13.5 Å². The SMILES string of the molecule is CCCc1ccc(C(=O)CC(=O)c2cn(C)cn2)cc1. The monoisotopic (exact) mass is 270 g/mol. The maximum Gasteiger partial charge on any atom is 0.190 e. The second-order valence-corrected chi connectivity index (χ2v) is 4.89. The number of aryl methyl sites for hydroxylation is 2. The van der Waals surface area contributed by atoms with Crippen molar-refractivity contribution in [1.29, 1.82) is 0 Å². The summed E-state index contributed by atoms with van der Waals surface area (Å²) in [5.41, 5.74) is 2.12. The van der Waals surface area contributed by atoms with E-state index in [1.54, 1.807) is 36.3 Å². The number of Topliss-reactive ketones (excluding diaryl/α,β-unsaturated/α-hetero) is 2. The average Bonchev–Trinajstić information content (AvgIpc) is 2.86. The molecule has 1 aromatic carbocycles. The Labute approximate surface area is 118 Å². The van der Waals surface area contributed by atoms with Gasteiger partial charge in [0.05, 0.1) is 12.7 Å². The van der Waals surface area contributed by atoms with Gasteiger partial charge < -0.3 is 4.57 Å². The number of hydrogen-bond acceptors (Lipinski definition) is 3. The van der Waals surface area contributed by atoms with E-state index in [4.69, 9.17) is 0 Å². The standard InChI is InChI=1S/C16H18N2O2/c1-3-4-12-5-7-13(8-6-12)15(19)9-16(20)14-10-18(2)11-17-14/h5-8,10-11H,3-4,9H2,1-2H3. The maximum atomic E-state index is 12.0. The van der Waals surface area contributed by atoms with Gasteiger partial charge in [-0.05, 0) is 12.0 Å². The van der Waals surface area contributed by atoms with Crippen molar-refractivity contribution in [3.05, 3.63) is 53.6 Å². The lowest BCUT2D eigenvalue weighted by atomic mass is 10.0. The van der Waals surface area contributed by atoms with Crippen LogP contribution in [-0.4, -0.2) is 21.1 Å². The Kier molecular flexibility index (Phi) is 4.45. The third kappa shape index (κ3) is 3.41. The van der Waals surface area contributed by atoms with Gasteiger partial charge in [-0.15, -0.1) is 0 Å². The van der Waals surface area contributed by atoms with E-state index in [9.17, 15) is 9.59 Å². The second-order valence-electron chi connectivity index (χ2n) is 4.89. The number of ketones is 2. The van der Waals surface area contributed by atoms with Gasteiger partial charge in [0, 0.05) is 18.8 Å². The fraction of sp³-hybridized carbons (Fsp3) is 0.312. The largest absolute Gasteiger partial charge is 0.340 e. The van der Waals surface area contributed by atoms with E-state index in [1.807, 2.05) is 12.1 Å². The van der Waals surface area contributed by atoms with E-state index in [1.165, 1.54) is 5.56 Å². The van der Waals surface area contributed by atoms with Crippen LogP contribution in [0.15, 0.2) is 36.8 Å². The molecule has 0 saturated heterocycles. The highest BCUT2D eigenvalue weighted by molar-refractivity contribution is 6.12. The molecule has 20 heavy (non-hydrogen) atoms. The first-order chi connectivity index (χ1) is 9.60. The summed E-state index contributed by atoms with van der Waals surface area (Å²) in [5, 5.41) is 0. The smallest absolute Gasteiger partial charge is 0.190 e. The Balaban J connectivity index is 2.02. The molecule has 0 amide bonds. The molecule has 0 radical (unpaired) electrons. The topological polar surface area (TPSA) is 52.0 Å². The summed E-state index contributed by atoms with van der Waals surface area (Å²) in [6, 6.07) is 7.47. The van der Waals surface area contributed by atoms with Crippen LogP contribution in [0.2, 0.25) is 0 Å². The molecular formula is C16H18N2O2. The van der Waals surface area contributed by atoms with Gasteiger partial charge in [0.15, 0.2) is 11.6 Å². The number of aromatic nitrogens is 2. The van der Waals surface area contributed by atoms with Crippen LogP contribution >= 0.6 is 0 Å². The summed E-state index contributed by atoms with van der Waals surface area (Å²) < 4.78 is 1.69. The first-order valence-electron chi connectivity index (χ1n) is 6.73. The van der Waals surface area contributed by atoms with Gasteiger partial charge in [-0.1, -0.05) is 37.6 Å². The first kappa shape index (κ1) is 14.2. The average molecular weight is 270 g/mol. The van der Waals surface area contributed by atoms with Crippen LogP contribution < -0.4 is 0 Å².